The van der Waals surface area contributed by atoms with E-state index in [9.17, 15) is 9.59 Å². The average molecular weight is 363 g/mol. The predicted molar refractivity (Wildman–Crippen MR) is 107 cm³/mol. The number of nitrogens with one attached hydrogen (secondary N) is 2. The molecule has 2 aliphatic rings. The zero-order valence-corrected chi connectivity index (χ0v) is 15.6. The summed E-state index contributed by atoms with van der Waals surface area (Å²) < 4.78 is 0. The number of amides is 2. The number of anilines is 1. The van der Waals surface area contributed by atoms with Crippen molar-refractivity contribution in [1.82, 2.24) is 10.6 Å². The first kappa shape index (κ1) is 17.7. The van der Waals surface area contributed by atoms with E-state index in [-0.39, 0.29) is 11.8 Å². The van der Waals surface area contributed by atoms with Crippen LogP contribution in [0.5, 0.6) is 0 Å². The van der Waals surface area contributed by atoms with Gasteiger partial charge >= 0.3 is 0 Å². The van der Waals surface area contributed by atoms with Gasteiger partial charge in [0, 0.05) is 49.8 Å². The van der Waals surface area contributed by atoms with Gasteiger partial charge in [0.05, 0.1) is 0 Å². The molecule has 0 atom stereocenters. The molecule has 4 rings (SSSR count). The van der Waals surface area contributed by atoms with E-state index in [2.05, 4.69) is 22.8 Å². The Bertz CT molecular complexity index is 856. The van der Waals surface area contributed by atoms with Gasteiger partial charge in [-0.1, -0.05) is 25.1 Å². The average Bonchev–Trinajstić information content (AvgIpc) is 3.09. The first-order valence-corrected chi connectivity index (χ1v) is 9.68. The van der Waals surface area contributed by atoms with Gasteiger partial charge < -0.3 is 15.5 Å². The third-order valence-corrected chi connectivity index (χ3v) is 5.48. The fraction of sp³-hybridized carbons (Fsp3) is 0.364. The first-order valence-electron chi connectivity index (χ1n) is 9.68. The minimum Gasteiger partial charge on any atom is -0.352 e. The molecule has 0 saturated carbocycles. The van der Waals surface area contributed by atoms with Crippen LogP contribution in [0.15, 0.2) is 42.5 Å². The van der Waals surface area contributed by atoms with Crippen LogP contribution >= 0.6 is 0 Å². The molecule has 0 radical (unpaired) electrons. The fourth-order valence-corrected chi connectivity index (χ4v) is 3.68. The smallest absolute Gasteiger partial charge is 0.251 e. The van der Waals surface area contributed by atoms with Crippen molar-refractivity contribution in [3.05, 3.63) is 53.6 Å². The van der Waals surface area contributed by atoms with Gasteiger partial charge in [0.25, 0.3) is 5.91 Å². The zero-order chi connectivity index (χ0) is 18.8. The van der Waals surface area contributed by atoms with Crippen molar-refractivity contribution < 1.29 is 9.59 Å². The number of benzene rings is 2. The summed E-state index contributed by atoms with van der Waals surface area (Å²) in [7, 11) is 0. The lowest BCUT2D eigenvalue weighted by Crippen LogP contribution is -2.48. The summed E-state index contributed by atoms with van der Waals surface area (Å²) >= 11 is 0. The third kappa shape index (κ3) is 3.60. The molecular weight excluding hydrogens is 338 g/mol. The molecule has 27 heavy (non-hydrogen) atoms. The van der Waals surface area contributed by atoms with Crippen LogP contribution in [-0.4, -0.2) is 38.0 Å². The van der Waals surface area contributed by atoms with Crippen molar-refractivity contribution in [3.63, 3.8) is 0 Å². The molecule has 1 saturated heterocycles. The summed E-state index contributed by atoms with van der Waals surface area (Å²) in [6, 6.07) is 14.0. The van der Waals surface area contributed by atoms with Crippen molar-refractivity contribution >= 4 is 17.5 Å². The number of hydrogen-bond donors (Lipinski definition) is 2. The second kappa shape index (κ2) is 7.53. The van der Waals surface area contributed by atoms with E-state index in [1.165, 1.54) is 5.56 Å². The van der Waals surface area contributed by atoms with Gasteiger partial charge in [-0.05, 0) is 47.4 Å². The zero-order valence-electron chi connectivity index (χ0n) is 15.6. The lowest BCUT2D eigenvalue weighted by atomic mass is 10.00. The Morgan fingerprint density at radius 3 is 2.52 bits per heavy atom. The molecule has 0 aliphatic carbocycles. The Morgan fingerprint density at radius 2 is 1.85 bits per heavy atom. The lowest BCUT2D eigenvalue weighted by Gasteiger charge is -2.27. The van der Waals surface area contributed by atoms with E-state index < -0.39 is 0 Å². The third-order valence-electron chi connectivity index (χ3n) is 5.48. The van der Waals surface area contributed by atoms with Crippen LogP contribution in [0, 0.1) is 5.92 Å². The highest BCUT2D eigenvalue weighted by Gasteiger charge is 2.23. The molecule has 0 aromatic heterocycles. The molecule has 2 amide bonds. The van der Waals surface area contributed by atoms with E-state index in [4.69, 9.17) is 0 Å². The SMILES string of the molecule is CCC(=O)N1CCc2cc(-c3ccc(C(=O)NCC4CNC4)cc3)ccc21. The van der Waals surface area contributed by atoms with E-state index in [1.54, 1.807) is 0 Å². The van der Waals surface area contributed by atoms with Crippen molar-refractivity contribution in [2.24, 2.45) is 5.92 Å². The first-order chi connectivity index (χ1) is 13.2. The van der Waals surface area contributed by atoms with E-state index in [1.807, 2.05) is 42.2 Å². The molecule has 5 nitrogen and oxygen atoms in total. The Kier molecular flexibility index (Phi) is 4.94. The Hall–Kier alpha value is -2.66. The summed E-state index contributed by atoms with van der Waals surface area (Å²) in [4.78, 5) is 26.2. The van der Waals surface area contributed by atoms with Crippen molar-refractivity contribution in [3.8, 4) is 11.1 Å². The molecular formula is C22H25N3O2. The lowest BCUT2D eigenvalue weighted by molar-refractivity contribution is -0.118. The second-order valence-corrected chi connectivity index (χ2v) is 7.30. The van der Waals surface area contributed by atoms with E-state index >= 15 is 0 Å². The molecule has 0 bridgehead atoms. The maximum atomic E-state index is 12.2. The normalized spacial score (nSPS) is 16.0. The van der Waals surface area contributed by atoms with Crippen LogP contribution in [-0.2, 0) is 11.2 Å². The van der Waals surface area contributed by atoms with Gasteiger partial charge in [0.15, 0.2) is 0 Å². The minimum atomic E-state index is -0.0175. The number of carbonyl (C=O) groups excluding carboxylic acids is 2. The van der Waals surface area contributed by atoms with Gasteiger partial charge in [0.1, 0.15) is 0 Å². The maximum absolute atomic E-state index is 12.2. The molecule has 1 fully saturated rings. The van der Waals surface area contributed by atoms with Crippen LogP contribution in [0.2, 0.25) is 0 Å². The fourth-order valence-electron chi connectivity index (χ4n) is 3.68. The standard InChI is InChI=1S/C22H25N3O2/c1-2-21(26)25-10-9-19-11-18(7-8-20(19)25)16-3-5-17(6-4-16)22(27)24-14-15-12-23-13-15/h3-8,11,15,23H,2,9-10,12-14H2,1H3,(H,24,27). The van der Waals surface area contributed by atoms with Crippen molar-refractivity contribution in [1.29, 1.82) is 0 Å². The maximum Gasteiger partial charge on any atom is 0.251 e. The largest absolute Gasteiger partial charge is 0.352 e. The highest BCUT2D eigenvalue weighted by atomic mass is 16.2. The van der Waals surface area contributed by atoms with Crippen molar-refractivity contribution in [2.45, 2.75) is 19.8 Å². The molecule has 0 unspecified atom stereocenters. The summed E-state index contributed by atoms with van der Waals surface area (Å²) in [5.74, 6) is 0.712. The summed E-state index contributed by atoms with van der Waals surface area (Å²) in [5.41, 5.74) is 5.13. The van der Waals surface area contributed by atoms with Crippen LogP contribution < -0.4 is 15.5 Å². The molecule has 2 aliphatic heterocycles. The van der Waals surface area contributed by atoms with Gasteiger partial charge in [0.2, 0.25) is 5.91 Å². The summed E-state index contributed by atoms with van der Waals surface area (Å²) in [6.07, 6.45) is 1.42. The molecule has 2 aromatic carbocycles. The van der Waals surface area contributed by atoms with Crippen molar-refractivity contribution in [2.75, 3.05) is 31.1 Å². The van der Waals surface area contributed by atoms with E-state index in [0.29, 0.717) is 17.9 Å². The number of hydrogen-bond acceptors (Lipinski definition) is 3. The van der Waals surface area contributed by atoms with Crippen LogP contribution in [0.4, 0.5) is 5.69 Å². The number of rotatable bonds is 5. The second-order valence-electron chi connectivity index (χ2n) is 7.30. The molecule has 2 N–H and O–H groups in total. The molecule has 140 valence electrons. The molecule has 0 spiro atoms. The number of carbonyl (C=O) groups is 2. The quantitative estimate of drug-likeness (QED) is 0.858. The van der Waals surface area contributed by atoms with Gasteiger partial charge in [-0.3, -0.25) is 9.59 Å². The molecule has 2 heterocycles. The number of fused-ring (bicyclic) bond motifs is 1. The molecule has 5 heteroatoms. The minimum absolute atomic E-state index is 0.0175. The number of nitrogens with zero attached hydrogens (tertiary/aromatic N) is 1. The van der Waals surface area contributed by atoms with Gasteiger partial charge in [-0.15, -0.1) is 0 Å². The van der Waals surface area contributed by atoms with Gasteiger partial charge in [-0.2, -0.15) is 0 Å². The van der Waals surface area contributed by atoms with Crippen LogP contribution in [0.25, 0.3) is 11.1 Å². The Morgan fingerprint density at radius 1 is 1.11 bits per heavy atom. The highest BCUT2D eigenvalue weighted by molar-refractivity contribution is 5.96. The Labute approximate surface area is 159 Å². The van der Waals surface area contributed by atoms with Gasteiger partial charge in [-0.25, -0.2) is 0 Å². The molecule has 2 aromatic rings. The summed E-state index contributed by atoms with van der Waals surface area (Å²) in [6.45, 7) is 5.36. The van der Waals surface area contributed by atoms with E-state index in [0.717, 1.165) is 49.4 Å². The van der Waals surface area contributed by atoms with Crippen LogP contribution in [0.1, 0.15) is 29.3 Å². The summed E-state index contributed by atoms with van der Waals surface area (Å²) in [5, 5.41) is 6.21. The predicted octanol–water partition coefficient (Wildman–Crippen LogP) is 2.60. The van der Waals surface area contributed by atoms with Crippen LogP contribution in [0.3, 0.4) is 0 Å². The Balaban J connectivity index is 1.46. The monoisotopic (exact) mass is 363 g/mol. The highest BCUT2D eigenvalue weighted by Crippen LogP contribution is 2.32. The topological polar surface area (TPSA) is 61.4 Å².